The lowest BCUT2D eigenvalue weighted by atomic mass is 10.3. The Labute approximate surface area is 133 Å². The maximum atomic E-state index is 9.01. The minimum absolute atomic E-state index is 0.0183. The molecule has 0 atom stereocenters. The Morgan fingerprint density at radius 1 is 1.30 bits per heavy atom. The van der Waals surface area contributed by atoms with Crippen molar-refractivity contribution in [2.45, 2.75) is 0 Å². The number of benzene rings is 1. The van der Waals surface area contributed by atoms with Gasteiger partial charge < -0.3 is 20.5 Å². The second-order valence-electron chi connectivity index (χ2n) is 4.91. The van der Waals surface area contributed by atoms with Gasteiger partial charge in [-0.1, -0.05) is 6.07 Å². The number of anilines is 3. The average molecular weight is 314 g/mol. The number of nitrogens with one attached hydrogen (secondary N) is 2. The first kappa shape index (κ1) is 15.0. The van der Waals surface area contributed by atoms with Crippen molar-refractivity contribution < 1.29 is 9.84 Å². The van der Waals surface area contributed by atoms with E-state index in [0.29, 0.717) is 24.0 Å². The first-order chi connectivity index (χ1) is 11.2. The maximum absolute atomic E-state index is 9.01. The number of hydrogen-bond acceptors (Lipinski definition) is 7. The fourth-order valence-electron chi connectivity index (χ4n) is 2.22. The fraction of sp³-hybridized carbons (Fsp3) is 0.267. The highest BCUT2D eigenvalue weighted by molar-refractivity contribution is 5.87. The highest BCUT2D eigenvalue weighted by Gasteiger charge is 2.11. The predicted octanol–water partition coefficient (Wildman–Crippen LogP) is 1.52. The van der Waals surface area contributed by atoms with Crippen molar-refractivity contribution in [3.05, 3.63) is 30.5 Å². The van der Waals surface area contributed by atoms with Crippen LogP contribution in [0.1, 0.15) is 0 Å². The van der Waals surface area contributed by atoms with Gasteiger partial charge in [0.05, 0.1) is 25.3 Å². The molecule has 0 unspecified atom stereocenters. The van der Waals surface area contributed by atoms with Crippen molar-refractivity contribution in [2.24, 2.45) is 7.05 Å². The lowest BCUT2D eigenvalue weighted by molar-refractivity contribution is 0.311. The minimum atomic E-state index is 0.0183. The van der Waals surface area contributed by atoms with Gasteiger partial charge in [-0.3, -0.25) is 4.68 Å². The van der Waals surface area contributed by atoms with Crippen LogP contribution in [0.2, 0.25) is 0 Å². The quantitative estimate of drug-likeness (QED) is 0.634. The Morgan fingerprint density at radius 2 is 2.17 bits per heavy atom. The summed E-state index contributed by atoms with van der Waals surface area (Å²) in [6.07, 6.45) is 1.70. The summed E-state index contributed by atoms with van der Waals surface area (Å²) in [5.41, 5.74) is 1.52. The first-order valence-corrected chi connectivity index (χ1v) is 7.17. The van der Waals surface area contributed by atoms with Gasteiger partial charge in [0.15, 0.2) is 5.65 Å². The summed E-state index contributed by atoms with van der Waals surface area (Å²) < 4.78 is 6.89. The lowest BCUT2D eigenvalue weighted by Crippen LogP contribution is -2.09. The van der Waals surface area contributed by atoms with E-state index in [2.05, 4.69) is 25.7 Å². The monoisotopic (exact) mass is 314 g/mol. The molecule has 0 aliphatic heterocycles. The SMILES string of the molecule is COc1cccc(Nc2nc(NCCO)c3cnn(C)c3n2)c1. The molecule has 2 heterocycles. The van der Waals surface area contributed by atoms with Crippen molar-refractivity contribution >= 4 is 28.5 Å². The second kappa shape index (κ2) is 6.49. The molecule has 8 heteroatoms. The number of aryl methyl sites for hydroxylation is 1. The fourth-order valence-corrected chi connectivity index (χ4v) is 2.22. The topological polar surface area (TPSA) is 97.1 Å². The molecule has 3 rings (SSSR count). The van der Waals surface area contributed by atoms with E-state index in [4.69, 9.17) is 9.84 Å². The normalized spacial score (nSPS) is 10.7. The summed E-state index contributed by atoms with van der Waals surface area (Å²) in [6, 6.07) is 7.51. The molecule has 120 valence electrons. The van der Waals surface area contributed by atoms with Gasteiger partial charge in [-0.25, -0.2) is 0 Å². The van der Waals surface area contributed by atoms with Gasteiger partial charge in [-0.05, 0) is 12.1 Å². The Kier molecular flexibility index (Phi) is 4.24. The molecule has 1 aromatic carbocycles. The summed E-state index contributed by atoms with van der Waals surface area (Å²) in [7, 11) is 3.44. The summed E-state index contributed by atoms with van der Waals surface area (Å²) in [5.74, 6) is 1.81. The third-order valence-electron chi connectivity index (χ3n) is 3.32. The van der Waals surface area contributed by atoms with Gasteiger partial charge in [0.25, 0.3) is 0 Å². The van der Waals surface area contributed by atoms with E-state index in [1.165, 1.54) is 0 Å². The smallest absolute Gasteiger partial charge is 0.231 e. The van der Waals surface area contributed by atoms with Crippen LogP contribution >= 0.6 is 0 Å². The van der Waals surface area contributed by atoms with Gasteiger partial charge in [0, 0.05) is 25.3 Å². The van der Waals surface area contributed by atoms with Crippen LogP contribution in [0.4, 0.5) is 17.5 Å². The van der Waals surface area contributed by atoms with E-state index in [-0.39, 0.29) is 6.61 Å². The number of methoxy groups -OCH3 is 1. The van der Waals surface area contributed by atoms with Crippen LogP contribution < -0.4 is 15.4 Å². The molecule has 0 bridgehead atoms. The molecule has 3 N–H and O–H groups in total. The van der Waals surface area contributed by atoms with E-state index >= 15 is 0 Å². The van der Waals surface area contributed by atoms with Gasteiger partial charge in [0.1, 0.15) is 11.6 Å². The van der Waals surface area contributed by atoms with Gasteiger partial charge in [-0.2, -0.15) is 15.1 Å². The van der Waals surface area contributed by atoms with Gasteiger partial charge >= 0.3 is 0 Å². The van der Waals surface area contributed by atoms with Crippen LogP contribution in [0.25, 0.3) is 11.0 Å². The molecule has 0 amide bonds. The number of rotatable bonds is 6. The Hall–Kier alpha value is -2.87. The van der Waals surface area contributed by atoms with E-state index in [9.17, 15) is 0 Å². The largest absolute Gasteiger partial charge is 0.497 e. The third kappa shape index (κ3) is 3.16. The molecule has 0 fully saturated rings. The minimum Gasteiger partial charge on any atom is -0.497 e. The van der Waals surface area contributed by atoms with E-state index in [1.54, 1.807) is 18.0 Å². The number of nitrogens with zero attached hydrogens (tertiary/aromatic N) is 4. The van der Waals surface area contributed by atoms with E-state index < -0.39 is 0 Å². The third-order valence-corrected chi connectivity index (χ3v) is 3.32. The molecule has 0 radical (unpaired) electrons. The standard InChI is InChI=1S/C15H18N6O2/c1-21-14-12(9-17-21)13(16-6-7-22)19-15(20-14)18-10-4-3-5-11(8-10)23-2/h3-5,8-9,22H,6-7H2,1-2H3,(H2,16,18,19,20). The number of aromatic nitrogens is 4. The predicted molar refractivity (Wildman–Crippen MR) is 88.2 cm³/mol. The molecule has 0 saturated heterocycles. The molecule has 2 aromatic heterocycles. The number of aliphatic hydroxyl groups excluding tert-OH is 1. The highest BCUT2D eigenvalue weighted by atomic mass is 16.5. The van der Waals surface area contributed by atoms with E-state index in [0.717, 1.165) is 16.8 Å². The molecular formula is C15H18N6O2. The van der Waals surface area contributed by atoms with Gasteiger partial charge in [-0.15, -0.1) is 0 Å². The molecule has 0 aliphatic carbocycles. The maximum Gasteiger partial charge on any atom is 0.231 e. The summed E-state index contributed by atoms with van der Waals surface area (Å²) >= 11 is 0. The van der Waals surface area contributed by atoms with Crippen LogP contribution in [-0.2, 0) is 7.05 Å². The summed E-state index contributed by atoms with van der Waals surface area (Å²) in [5, 5.41) is 20.3. The van der Waals surface area contributed by atoms with Crippen LogP contribution in [0.5, 0.6) is 5.75 Å². The highest BCUT2D eigenvalue weighted by Crippen LogP contribution is 2.24. The summed E-state index contributed by atoms with van der Waals surface area (Å²) in [4.78, 5) is 8.95. The van der Waals surface area contributed by atoms with Crippen molar-refractivity contribution in [2.75, 3.05) is 30.9 Å². The number of fused-ring (bicyclic) bond motifs is 1. The first-order valence-electron chi connectivity index (χ1n) is 7.17. The van der Waals surface area contributed by atoms with Crippen molar-refractivity contribution in [3.8, 4) is 5.75 Å². The molecule has 8 nitrogen and oxygen atoms in total. The number of aliphatic hydroxyl groups is 1. The molecule has 3 aromatic rings. The van der Waals surface area contributed by atoms with Crippen LogP contribution in [0.3, 0.4) is 0 Å². The number of ether oxygens (including phenoxy) is 1. The molecule has 0 aliphatic rings. The van der Waals surface area contributed by atoms with Gasteiger partial charge in [0.2, 0.25) is 5.95 Å². The Balaban J connectivity index is 1.97. The summed E-state index contributed by atoms with van der Waals surface area (Å²) in [6.45, 7) is 0.421. The number of hydrogen-bond donors (Lipinski definition) is 3. The molecular weight excluding hydrogens is 296 g/mol. The van der Waals surface area contributed by atoms with Crippen molar-refractivity contribution in [1.82, 2.24) is 19.7 Å². The zero-order valence-electron chi connectivity index (χ0n) is 12.9. The van der Waals surface area contributed by atoms with Crippen LogP contribution in [0.15, 0.2) is 30.5 Å². The van der Waals surface area contributed by atoms with E-state index in [1.807, 2.05) is 31.3 Å². The second-order valence-corrected chi connectivity index (χ2v) is 4.91. The Morgan fingerprint density at radius 3 is 2.96 bits per heavy atom. The molecule has 0 saturated carbocycles. The zero-order valence-corrected chi connectivity index (χ0v) is 12.9. The molecule has 0 spiro atoms. The van der Waals surface area contributed by atoms with Crippen molar-refractivity contribution in [3.63, 3.8) is 0 Å². The van der Waals surface area contributed by atoms with Crippen molar-refractivity contribution in [1.29, 1.82) is 0 Å². The lowest BCUT2D eigenvalue weighted by Gasteiger charge is -2.10. The Bertz CT molecular complexity index is 817. The molecule has 23 heavy (non-hydrogen) atoms. The van der Waals surface area contributed by atoms with Crippen LogP contribution in [-0.4, -0.2) is 45.1 Å². The van der Waals surface area contributed by atoms with Crippen LogP contribution in [0, 0.1) is 0 Å². The zero-order chi connectivity index (χ0) is 16.2. The average Bonchev–Trinajstić information content (AvgIpc) is 2.94.